The van der Waals surface area contributed by atoms with Crippen molar-refractivity contribution in [1.29, 1.82) is 0 Å². The summed E-state index contributed by atoms with van der Waals surface area (Å²) in [6.07, 6.45) is -0.833. The summed E-state index contributed by atoms with van der Waals surface area (Å²) in [5.74, 6) is -1.08. The van der Waals surface area contributed by atoms with Crippen molar-refractivity contribution in [1.82, 2.24) is 0 Å². The van der Waals surface area contributed by atoms with Crippen molar-refractivity contribution in [3.63, 3.8) is 0 Å². The molecule has 1 fully saturated rings. The van der Waals surface area contributed by atoms with Gasteiger partial charge in [0.2, 0.25) is 5.91 Å². The molecule has 0 bridgehead atoms. The van der Waals surface area contributed by atoms with E-state index in [0.29, 0.717) is 5.75 Å². The summed E-state index contributed by atoms with van der Waals surface area (Å²) in [6, 6.07) is 2.88. The Labute approximate surface area is 115 Å². The maximum Gasteiger partial charge on any atom is 0.341 e. The zero-order valence-electron chi connectivity index (χ0n) is 11.1. The summed E-state index contributed by atoms with van der Waals surface area (Å²) in [7, 11) is 2.77. The van der Waals surface area contributed by atoms with Gasteiger partial charge in [0.15, 0.2) is 0 Å². The van der Waals surface area contributed by atoms with E-state index in [0.717, 1.165) is 0 Å². The van der Waals surface area contributed by atoms with Gasteiger partial charge in [-0.3, -0.25) is 4.79 Å². The van der Waals surface area contributed by atoms with Crippen LogP contribution in [-0.4, -0.2) is 49.0 Å². The van der Waals surface area contributed by atoms with Gasteiger partial charge in [0.05, 0.1) is 39.0 Å². The molecule has 20 heavy (non-hydrogen) atoms. The Morgan fingerprint density at radius 1 is 1.35 bits per heavy atom. The molecule has 0 aliphatic carbocycles. The molecule has 1 aliphatic rings. The number of aliphatic hydroxyl groups is 1. The Morgan fingerprint density at radius 2 is 2.05 bits per heavy atom. The fraction of sp³-hybridized carbons (Fsp3) is 0.385. The number of nitrogens with zero attached hydrogens (tertiary/aromatic N) is 1. The molecule has 2 rings (SSSR count). The van der Waals surface area contributed by atoms with Crippen LogP contribution in [0.1, 0.15) is 16.8 Å². The number of rotatable bonds is 4. The van der Waals surface area contributed by atoms with Gasteiger partial charge in [-0.05, 0) is 0 Å². The number of carboxylic acids is 1. The number of hydrogen-bond donors (Lipinski definition) is 2. The normalized spacial score (nSPS) is 18.2. The predicted molar refractivity (Wildman–Crippen MR) is 69.5 cm³/mol. The third-order valence-electron chi connectivity index (χ3n) is 3.12. The molecule has 1 aliphatic heterocycles. The molecule has 0 saturated carbocycles. The second kappa shape index (κ2) is 5.38. The molecule has 7 heteroatoms. The van der Waals surface area contributed by atoms with E-state index < -0.39 is 12.1 Å². The number of carbonyl (C=O) groups excluding carboxylic acids is 1. The van der Waals surface area contributed by atoms with Gasteiger partial charge in [-0.1, -0.05) is 0 Å². The SMILES string of the molecule is COc1cc(OC)c(C(=O)O)c(N2CC(O)CC2=O)c1. The Kier molecular flexibility index (Phi) is 3.80. The Morgan fingerprint density at radius 3 is 2.50 bits per heavy atom. The number of aromatic carboxylic acids is 1. The topological polar surface area (TPSA) is 96.3 Å². The molecule has 7 nitrogen and oxygen atoms in total. The average molecular weight is 281 g/mol. The Balaban J connectivity index is 2.60. The van der Waals surface area contributed by atoms with Crippen molar-refractivity contribution in [2.45, 2.75) is 12.5 Å². The summed E-state index contributed by atoms with van der Waals surface area (Å²) >= 11 is 0. The fourth-order valence-electron chi connectivity index (χ4n) is 2.20. The highest BCUT2D eigenvalue weighted by Gasteiger charge is 2.33. The van der Waals surface area contributed by atoms with Gasteiger partial charge in [0.1, 0.15) is 17.1 Å². The molecule has 0 radical (unpaired) electrons. The third-order valence-corrected chi connectivity index (χ3v) is 3.12. The van der Waals surface area contributed by atoms with E-state index in [-0.39, 0.29) is 35.9 Å². The van der Waals surface area contributed by atoms with Crippen molar-refractivity contribution in [2.75, 3.05) is 25.7 Å². The van der Waals surface area contributed by atoms with Crippen LogP contribution in [0.15, 0.2) is 12.1 Å². The van der Waals surface area contributed by atoms with Crippen LogP contribution in [-0.2, 0) is 4.79 Å². The fourth-order valence-corrected chi connectivity index (χ4v) is 2.20. The van der Waals surface area contributed by atoms with E-state index in [1.807, 2.05) is 0 Å². The highest BCUT2D eigenvalue weighted by molar-refractivity contribution is 6.05. The molecule has 1 aromatic carbocycles. The molecule has 1 aromatic rings. The number of anilines is 1. The predicted octanol–water partition coefficient (Wildman–Crippen LogP) is 0.500. The first-order chi connectivity index (χ1) is 9.47. The number of hydrogen-bond acceptors (Lipinski definition) is 5. The number of benzene rings is 1. The average Bonchev–Trinajstić information content (AvgIpc) is 2.75. The molecule has 1 unspecified atom stereocenters. The van der Waals surface area contributed by atoms with Gasteiger partial charge in [0.25, 0.3) is 0 Å². The lowest BCUT2D eigenvalue weighted by molar-refractivity contribution is -0.117. The van der Waals surface area contributed by atoms with Crippen LogP contribution in [0.3, 0.4) is 0 Å². The van der Waals surface area contributed by atoms with Crippen LogP contribution in [0.2, 0.25) is 0 Å². The number of carboxylic acid groups (broad SMARTS) is 1. The van der Waals surface area contributed by atoms with Gasteiger partial charge in [-0.25, -0.2) is 4.79 Å². The summed E-state index contributed by atoms with van der Waals surface area (Å²) in [5, 5.41) is 18.9. The molecule has 0 aromatic heterocycles. The number of β-amino-alcohol motifs (C(OH)–C–C–N with tert-alkyl or cyclic N) is 1. The third kappa shape index (κ3) is 2.39. The monoisotopic (exact) mass is 281 g/mol. The largest absolute Gasteiger partial charge is 0.497 e. The zero-order valence-corrected chi connectivity index (χ0v) is 11.1. The lowest BCUT2D eigenvalue weighted by atomic mass is 10.1. The summed E-state index contributed by atoms with van der Waals surface area (Å²) < 4.78 is 10.1. The van der Waals surface area contributed by atoms with Crippen molar-refractivity contribution in [2.24, 2.45) is 0 Å². The van der Waals surface area contributed by atoms with Crippen LogP contribution in [0.5, 0.6) is 11.5 Å². The first kappa shape index (κ1) is 14.1. The lowest BCUT2D eigenvalue weighted by Gasteiger charge is -2.21. The summed E-state index contributed by atoms with van der Waals surface area (Å²) in [4.78, 5) is 24.5. The summed E-state index contributed by atoms with van der Waals surface area (Å²) in [6.45, 7) is 0.0510. The van der Waals surface area contributed by atoms with Crippen molar-refractivity contribution < 1.29 is 29.3 Å². The van der Waals surface area contributed by atoms with Crippen molar-refractivity contribution >= 4 is 17.6 Å². The van der Waals surface area contributed by atoms with Crippen LogP contribution >= 0.6 is 0 Å². The van der Waals surface area contributed by atoms with Gasteiger partial charge >= 0.3 is 5.97 Å². The summed E-state index contributed by atoms with van der Waals surface area (Å²) in [5.41, 5.74) is 0.0333. The minimum absolute atomic E-state index is 0.0292. The zero-order chi connectivity index (χ0) is 14.9. The molecule has 1 amide bonds. The highest BCUT2D eigenvalue weighted by Crippen LogP contribution is 2.36. The van der Waals surface area contributed by atoms with Gasteiger partial charge < -0.3 is 24.6 Å². The number of aliphatic hydroxyl groups excluding tert-OH is 1. The van der Waals surface area contributed by atoms with Crippen LogP contribution in [0.25, 0.3) is 0 Å². The number of ether oxygens (including phenoxy) is 2. The molecular formula is C13H15NO6. The lowest BCUT2D eigenvalue weighted by Crippen LogP contribution is -2.27. The number of carbonyl (C=O) groups is 2. The van der Waals surface area contributed by atoms with E-state index in [1.165, 1.54) is 31.3 Å². The minimum Gasteiger partial charge on any atom is -0.497 e. The quantitative estimate of drug-likeness (QED) is 0.834. The minimum atomic E-state index is -1.21. The molecule has 1 atom stereocenters. The van der Waals surface area contributed by atoms with E-state index >= 15 is 0 Å². The van der Waals surface area contributed by atoms with E-state index in [1.54, 1.807) is 0 Å². The molecule has 2 N–H and O–H groups in total. The van der Waals surface area contributed by atoms with Crippen LogP contribution < -0.4 is 14.4 Å². The Hall–Kier alpha value is -2.28. The second-order valence-electron chi connectivity index (χ2n) is 4.39. The molecule has 108 valence electrons. The Bertz CT molecular complexity index is 556. The van der Waals surface area contributed by atoms with Gasteiger partial charge in [-0.2, -0.15) is 0 Å². The van der Waals surface area contributed by atoms with E-state index in [4.69, 9.17) is 9.47 Å². The number of methoxy groups -OCH3 is 2. The van der Waals surface area contributed by atoms with E-state index in [2.05, 4.69) is 0 Å². The van der Waals surface area contributed by atoms with Crippen molar-refractivity contribution in [3.05, 3.63) is 17.7 Å². The molecular weight excluding hydrogens is 266 g/mol. The maximum atomic E-state index is 11.9. The van der Waals surface area contributed by atoms with Gasteiger partial charge in [0, 0.05) is 12.1 Å². The molecule has 0 spiro atoms. The van der Waals surface area contributed by atoms with E-state index in [9.17, 15) is 19.8 Å². The second-order valence-corrected chi connectivity index (χ2v) is 4.39. The maximum absolute atomic E-state index is 11.9. The van der Waals surface area contributed by atoms with Crippen LogP contribution in [0.4, 0.5) is 5.69 Å². The van der Waals surface area contributed by atoms with Crippen LogP contribution in [0, 0.1) is 0 Å². The van der Waals surface area contributed by atoms with Crippen molar-refractivity contribution in [3.8, 4) is 11.5 Å². The molecule has 1 heterocycles. The number of amides is 1. The smallest absolute Gasteiger partial charge is 0.341 e. The highest BCUT2D eigenvalue weighted by atomic mass is 16.5. The first-order valence-corrected chi connectivity index (χ1v) is 5.95. The first-order valence-electron chi connectivity index (χ1n) is 5.95. The standard InChI is InChI=1S/C13H15NO6/c1-19-8-4-9(14-6-7(15)3-11(14)16)12(13(17)18)10(5-8)20-2/h4-5,7,15H,3,6H2,1-2H3,(H,17,18). The van der Waals surface area contributed by atoms with Gasteiger partial charge in [-0.15, -0.1) is 0 Å². The molecule has 1 saturated heterocycles.